The lowest BCUT2D eigenvalue weighted by molar-refractivity contribution is -0.124. The summed E-state index contributed by atoms with van der Waals surface area (Å²) in [5.41, 5.74) is 2.60. The molecule has 2 aliphatic heterocycles. The van der Waals surface area contributed by atoms with Crippen molar-refractivity contribution in [2.45, 2.75) is 25.3 Å². The zero-order valence-electron chi connectivity index (χ0n) is 15.7. The van der Waals surface area contributed by atoms with Crippen LogP contribution in [0.25, 0.3) is 12.2 Å². The summed E-state index contributed by atoms with van der Waals surface area (Å²) in [4.78, 5) is 31.0. The third-order valence-electron chi connectivity index (χ3n) is 5.26. The number of carbonyl (C=O) groups excluding carboxylic acids is 2. The van der Waals surface area contributed by atoms with Crippen LogP contribution in [0.3, 0.4) is 0 Å². The van der Waals surface area contributed by atoms with Gasteiger partial charge in [0.25, 0.3) is 0 Å². The Bertz CT molecular complexity index is 881. The summed E-state index contributed by atoms with van der Waals surface area (Å²) in [5.74, 6) is -0.0228. The quantitative estimate of drug-likeness (QED) is 0.862. The van der Waals surface area contributed by atoms with Crippen LogP contribution >= 0.6 is 0 Å². The molecule has 2 atom stereocenters. The summed E-state index contributed by atoms with van der Waals surface area (Å²) in [5, 5.41) is 6.04. The number of amides is 3. The molecule has 0 aliphatic carbocycles. The van der Waals surface area contributed by atoms with Gasteiger partial charge >= 0.3 is 6.03 Å². The van der Waals surface area contributed by atoms with Gasteiger partial charge in [-0.15, -0.1) is 0 Å². The number of aromatic nitrogens is 1. The predicted molar refractivity (Wildman–Crippen MR) is 109 cm³/mol. The molecule has 0 saturated carbocycles. The van der Waals surface area contributed by atoms with E-state index in [1.54, 1.807) is 11.1 Å². The van der Waals surface area contributed by atoms with Crippen molar-refractivity contribution in [2.75, 3.05) is 18.4 Å². The number of urea groups is 1. The Morgan fingerprint density at radius 1 is 1.14 bits per heavy atom. The van der Waals surface area contributed by atoms with Crippen molar-refractivity contribution in [2.24, 2.45) is 5.92 Å². The van der Waals surface area contributed by atoms with Gasteiger partial charge in [0.1, 0.15) is 0 Å². The molecular formula is C22H24N4O2. The van der Waals surface area contributed by atoms with Crippen LogP contribution in [0.1, 0.15) is 30.5 Å². The van der Waals surface area contributed by atoms with E-state index in [1.165, 1.54) is 0 Å². The van der Waals surface area contributed by atoms with E-state index >= 15 is 0 Å². The van der Waals surface area contributed by atoms with E-state index < -0.39 is 0 Å². The first-order valence-electron chi connectivity index (χ1n) is 9.73. The maximum absolute atomic E-state index is 12.8. The molecule has 2 N–H and O–H groups in total. The lowest BCUT2D eigenvalue weighted by Crippen LogP contribution is -2.43. The molecule has 3 amide bonds. The molecule has 2 saturated heterocycles. The Morgan fingerprint density at radius 2 is 2.07 bits per heavy atom. The summed E-state index contributed by atoms with van der Waals surface area (Å²) < 4.78 is 0. The van der Waals surface area contributed by atoms with Gasteiger partial charge in [0, 0.05) is 31.0 Å². The van der Waals surface area contributed by atoms with Crippen LogP contribution in [-0.4, -0.2) is 41.0 Å². The molecule has 6 heteroatoms. The number of hydrogen-bond donors (Lipinski definition) is 2. The van der Waals surface area contributed by atoms with Gasteiger partial charge in [-0.05, 0) is 48.7 Å². The molecule has 1 aromatic carbocycles. The molecule has 1 aromatic heterocycles. The molecule has 2 bridgehead atoms. The highest BCUT2D eigenvalue weighted by Crippen LogP contribution is 2.23. The zero-order chi connectivity index (χ0) is 19.3. The van der Waals surface area contributed by atoms with Gasteiger partial charge < -0.3 is 15.5 Å². The van der Waals surface area contributed by atoms with E-state index in [1.807, 2.05) is 54.6 Å². The molecule has 2 aromatic rings. The molecule has 3 heterocycles. The number of nitrogens with one attached hydrogen (secondary N) is 2. The molecule has 144 valence electrons. The minimum absolute atomic E-state index is 0.0541. The second-order valence-electron chi connectivity index (χ2n) is 7.38. The molecule has 2 aliphatic rings. The highest BCUT2D eigenvalue weighted by Gasteiger charge is 2.34. The largest absolute Gasteiger partial charge is 0.351 e. The van der Waals surface area contributed by atoms with Gasteiger partial charge in [-0.1, -0.05) is 30.7 Å². The Labute approximate surface area is 164 Å². The number of rotatable bonds is 3. The second kappa shape index (κ2) is 8.25. The molecule has 2 fully saturated rings. The smallest absolute Gasteiger partial charge is 0.321 e. The van der Waals surface area contributed by atoms with E-state index in [0.29, 0.717) is 13.1 Å². The number of benzene rings is 1. The van der Waals surface area contributed by atoms with Crippen LogP contribution in [0.4, 0.5) is 10.5 Å². The monoisotopic (exact) mass is 376 g/mol. The first-order valence-corrected chi connectivity index (χ1v) is 9.73. The van der Waals surface area contributed by atoms with Crippen molar-refractivity contribution in [3.05, 3.63) is 59.9 Å². The lowest BCUT2D eigenvalue weighted by Gasteiger charge is -2.27. The minimum atomic E-state index is -0.153. The van der Waals surface area contributed by atoms with E-state index in [4.69, 9.17) is 0 Å². The fourth-order valence-corrected chi connectivity index (χ4v) is 3.80. The molecule has 0 spiro atoms. The van der Waals surface area contributed by atoms with Gasteiger partial charge in [0.05, 0.1) is 11.6 Å². The van der Waals surface area contributed by atoms with Crippen molar-refractivity contribution < 1.29 is 9.59 Å². The van der Waals surface area contributed by atoms with Gasteiger partial charge in [-0.3, -0.25) is 9.78 Å². The number of fused-ring (bicyclic) bond motifs is 3. The normalized spacial score (nSPS) is 21.9. The molecule has 4 rings (SSSR count). The van der Waals surface area contributed by atoms with Crippen LogP contribution in [0, 0.1) is 5.92 Å². The fourth-order valence-electron chi connectivity index (χ4n) is 3.80. The first kappa shape index (κ1) is 18.2. The van der Waals surface area contributed by atoms with Gasteiger partial charge in [-0.2, -0.15) is 0 Å². The van der Waals surface area contributed by atoms with Crippen LogP contribution in [0.2, 0.25) is 0 Å². The fraction of sp³-hybridized carbons (Fsp3) is 0.318. The maximum atomic E-state index is 12.8. The molecule has 6 nitrogen and oxygen atoms in total. The Hall–Kier alpha value is -3.15. The Kier molecular flexibility index (Phi) is 5.37. The lowest BCUT2D eigenvalue weighted by atomic mass is 9.99. The van der Waals surface area contributed by atoms with E-state index in [9.17, 15) is 9.59 Å². The Balaban J connectivity index is 1.43. The van der Waals surface area contributed by atoms with Crippen LogP contribution < -0.4 is 10.6 Å². The van der Waals surface area contributed by atoms with Gasteiger partial charge in [0.2, 0.25) is 5.91 Å². The zero-order valence-corrected chi connectivity index (χ0v) is 15.7. The number of anilines is 1. The Morgan fingerprint density at radius 3 is 2.93 bits per heavy atom. The summed E-state index contributed by atoms with van der Waals surface area (Å²) in [7, 11) is 0. The van der Waals surface area contributed by atoms with Crippen molar-refractivity contribution in [1.29, 1.82) is 0 Å². The first-order chi connectivity index (χ1) is 13.7. The van der Waals surface area contributed by atoms with Crippen LogP contribution in [-0.2, 0) is 4.79 Å². The van der Waals surface area contributed by atoms with E-state index in [2.05, 4.69) is 15.6 Å². The van der Waals surface area contributed by atoms with Crippen molar-refractivity contribution >= 4 is 29.8 Å². The summed E-state index contributed by atoms with van der Waals surface area (Å²) in [6, 6.07) is 13.4. The summed E-state index contributed by atoms with van der Waals surface area (Å²) in [6.07, 6.45) is 8.48. The maximum Gasteiger partial charge on any atom is 0.321 e. The number of pyridine rings is 1. The molecule has 0 radical (unpaired) electrons. The van der Waals surface area contributed by atoms with Crippen molar-refractivity contribution in [1.82, 2.24) is 15.2 Å². The predicted octanol–water partition coefficient (Wildman–Crippen LogP) is 3.38. The molecule has 0 unspecified atom stereocenters. The molecule has 28 heavy (non-hydrogen) atoms. The average Bonchev–Trinajstić information content (AvgIpc) is 2.96. The standard InChI is InChI=1S/C22H24N4O2/c27-21-17-6-4-9-20(24-21)15-26(14-17)22(28)25-19-8-3-5-16(13-19)10-11-18-7-1-2-12-23-18/h1-3,5,7-8,10-13,17,20H,4,6,9,14-15H2,(H,24,27)(H,25,28)/t17-,20+/m1/s1. The number of carbonyl (C=O) groups is 2. The highest BCUT2D eigenvalue weighted by atomic mass is 16.2. The van der Waals surface area contributed by atoms with Crippen LogP contribution in [0.15, 0.2) is 48.7 Å². The third-order valence-corrected chi connectivity index (χ3v) is 5.26. The second-order valence-corrected chi connectivity index (χ2v) is 7.38. The van der Waals surface area contributed by atoms with Gasteiger partial charge in [0.15, 0.2) is 0 Å². The van der Waals surface area contributed by atoms with Crippen LogP contribution in [0.5, 0.6) is 0 Å². The summed E-state index contributed by atoms with van der Waals surface area (Å²) in [6.45, 7) is 1.04. The van der Waals surface area contributed by atoms with Crippen molar-refractivity contribution in [3.8, 4) is 0 Å². The van der Waals surface area contributed by atoms with E-state index in [-0.39, 0.29) is 23.9 Å². The minimum Gasteiger partial charge on any atom is -0.351 e. The van der Waals surface area contributed by atoms with Gasteiger partial charge in [-0.25, -0.2) is 4.79 Å². The highest BCUT2D eigenvalue weighted by molar-refractivity contribution is 5.91. The third kappa shape index (κ3) is 4.39. The van der Waals surface area contributed by atoms with Crippen molar-refractivity contribution in [3.63, 3.8) is 0 Å². The number of nitrogens with zero attached hydrogens (tertiary/aromatic N) is 2. The average molecular weight is 376 g/mol. The molecular weight excluding hydrogens is 352 g/mol. The summed E-state index contributed by atoms with van der Waals surface area (Å²) >= 11 is 0. The number of hydrogen-bond acceptors (Lipinski definition) is 3. The van der Waals surface area contributed by atoms with E-state index in [0.717, 1.165) is 36.2 Å². The SMILES string of the molecule is O=C1N[C@H]2CCC[C@@H]1CN(C(=O)Nc1cccc(C=Cc3ccccn3)c1)C2. The number of likely N-dealkylation sites (tertiary alicyclic amines) is 1. The topological polar surface area (TPSA) is 74.3 Å².